The zero-order valence-corrected chi connectivity index (χ0v) is 12.1. The lowest BCUT2D eigenvalue weighted by Gasteiger charge is -2.23. The maximum Gasteiger partial charge on any atom is 0.246 e. The lowest BCUT2D eigenvalue weighted by Crippen LogP contribution is -2.39. The van der Waals surface area contributed by atoms with Crippen molar-refractivity contribution in [2.24, 2.45) is 0 Å². The molecule has 0 radical (unpaired) electrons. The molecule has 0 spiro atoms. The second-order valence-electron chi connectivity index (χ2n) is 5.43. The van der Waals surface area contributed by atoms with E-state index in [1.807, 2.05) is 31.2 Å². The molecular weight excluding hydrogens is 286 g/mol. The molecule has 22 heavy (non-hydrogen) atoms. The molecule has 3 nitrogen and oxygen atoms in total. The SMILES string of the molecule is CC1Cc2ccccc2N1C(=O)CNc1ccc(F)c(F)c1. The largest absolute Gasteiger partial charge is 0.376 e. The van der Waals surface area contributed by atoms with E-state index in [9.17, 15) is 13.6 Å². The van der Waals surface area contributed by atoms with Crippen molar-refractivity contribution in [1.29, 1.82) is 0 Å². The second kappa shape index (κ2) is 5.75. The first kappa shape index (κ1) is 14.5. The van der Waals surface area contributed by atoms with E-state index in [4.69, 9.17) is 0 Å². The first-order valence-electron chi connectivity index (χ1n) is 7.15. The van der Waals surface area contributed by atoms with E-state index in [-0.39, 0.29) is 18.5 Å². The van der Waals surface area contributed by atoms with E-state index in [0.29, 0.717) is 5.69 Å². The van der Waals surface area contributed by atoms with Crippen LogP contribution in [-0.4, -0.2) is 18.5 Å². The van der Waals surface area contributed by atoms with Gasteiger partial charge in [-0.2, -0.15) is 0 Å². The Morgan fingerprint density at radius 2 is 2.00 bits per heavy atom. The maximum atomic E-state index is 13.2. The van der Waals surface area contributed by atoms with E-state index < -0.39 is 11.6 Å². The molecule has 1 atom stereocenters. The molecule has 0 bridgehead atoms. The number of rotatable bonds is 3. The number of benzene rings is 2. The number of fused-ring (bicyclic) bond motifs is 1. The molecule has 2 aromatic carbocycles. The Hall–Kier alpha value is -2.43. The summed E-state index contributed by atoms with van der Waals surface area (Å²) in [6.07, 6.45) is 0.826. The molecular formula is C17H16F2N2O. The third-order valence-corrected chi connectivity index (χ3v) is 3.84. The minimum atomic E-state index is -0.933. The molecule has 0 aliphatic carbocycles. The monoisotopic (exact) mass is 302 g/mol. The van der Waals surface area contributed by atoms with Crippen LogP contribution in [0.2, 0.25) is 0 Å². The van der Waals surface area contributed by atoms with Crippen LogP contribution in [0.25, 0.3) is 0 Å². The molecule has 3 rings (SSSR count). The lowest BCUT2D eigenvalue weighted by atomic mass is 10.1. The van der Waals surface area contributed by atoms with Gasteiger partial charge in [-0.25, -0.2) is 8.78 Å². The Kier molecular flexibility index (Phi) is 3.79. The number of carbonyl (C=O) groups excluding carboxylic acids is 1. The standard InChI is InChI=1S/C17H16F2N2O/c1-11-8-12-4-2-3-5-16(12)21(11)17(22)10-20-13-6-7-14(18)15(19)9-13/h2-7,9,11,20H,8,10H2,1H3. The first-order chi connectivity index (χ1) is 10.6. The van der Waals surface area contributed by atoms with Gasteiger partial charge in [0.05, 0.1) is 6.54 Å². The van der Waals surface area contributed by atoms with Gasteiger partial charge >= 0.3 is 0 Å². The Morgan fingerprint density at radius 1 is 1.23 bits per heavy atom. The topological polar surface area (TPSA) is 32.3 Å². The molecule has 1 amide bonds. The fraction of sp³-hybridized carbons (Fsp3) is 0.235. The highest BCUT2D eigenvalue weighted by atomic mass is 19.2. The molecule has 0 aromatic heterocycles. The Balaban J connectivity index is 1.71. The predicted molar refractivity (Wildman–Crippen MR) is 81.9 cm³/mol. The fourth-order valence-corrected chi connectivity index (χ4v) is 2.81. The number of anilines is 2. The molecule has 114 valence electrons. The number of halogens is 2. The quantitative estimate of drug-likeness (QED) is 0.943. The van der Waals surface area contributed by atoms with Gasteiger partial charge in [-0.05, 0) is 37.1 Å². The molecule has 1 N–H and O–H groups in total. The van der Waals surface area contributed by atoms with Gasteiger partial charge in [0, 0.05) is 23.5 Å². The summed E-state index contributed by atoms with van der Waals surface area (Å²) >= 11 is 0. The summed E-state index contributed by atoms with van der Waals surface area (Å²) in [5.74, 6) is -1.93. The van der Waals surface area contributed by atoms with Crippen LogP contribution in [0, 0.1) is 11.6 Å². The molecule has 1 unspecified atom stereocenters. The van der Waals surface area contributed by atoms with Crippen molar-refractivity contribution < 1.29 is 13.6 Å². The van der Waals surface area contributed by atoms with Crippen molar-refractivity contribution in [3.63, 3.8) is 0 Å². The fourth-order valence-electron chi connectivity index (χ4n) is 2.81. The molecule has 1 aliphatic heterocycles. The number of carbonyl (C=O) groups is 1. The molecule has 1 heterocycles. The average Bonchev–Trinajstić information content (AvgIpc) is 2.84. The number of hydrogen-bond acceptors (Lipinski definition) is 2. The summed E-state index contributed by atoms with van der Waals surface area (Å²) < 4.78 is 26.0. The summed E-state index contributed by atoms with van der Waals surface area (Å²) in [4.78, 5) is 14.2. The summed E-state index contributed by atoms with van der Waals surface area (Å²) in [7, 11) is 0. The number of nitrogens with zero attached hydrogens (tertiary/aromatic N) is 1. The number of nitrogens with one attached hydrogen (secondary N) is 1. The highest BCUT2D eigenvalue weighted by Crippen LogP contribution is 2.31. The lowest BCUT2D eigenvalue weighted by molar-refractivity contribution is -0.117. The Labute approximate surface area is 127 Å². The normalized spacial score (nSPS) is 16.5. The van der Waals surface area contributed by atoms with Gasteiger partial charge in [-0.1, -0.05) is 18.2 Å². The first-order valence-corrected chi connectivity index (χ1v) is 7.15. The minimum absolute atomic E-state index is 0.0315. The second-order valence-corrected chi connectivity index (χ2v) is 5.43. The number of hydrogen-bond donors (Lipinski definition) is 1. The Morgan fingerprint density at radius 3 is 2.77 bits per heavy atom. The van der Waals surface area contributed by atoms with Gasteiger partial charge < -0.3 is 10.2 Å². The number of para-hydroxylation sites is 1. The predicted octanol–water partition coefficient (Wildman–Crippen LogP) is 3.35. The van der Waals surface area contributed by atoms with Crippen LogP contribution < -0.4 is 10.2 Å². The summed E-state index contributed by atoms with van der Waals surface area (Å²) in [5, 5.41) is 2.84. The zero-order valence-electron chi connectivity index (χ0n) is 12.1. The third kappa shape index (κ3) is 2.66. The van der Waals surface area contributed by atoms with Crippen LogP contribution >= 0.6 is 0 Å². The third-order valence-electron chi connectivity index (χ3n) is 3.84. The maximum absolute atomic E-state index is 13.2. The van der Waals surface area contributed by atoms with Crippen LogP contribution in [-0.2, 0) is 11.2 Å². The Bertz CT molecular complexity index is 718. The van der Waals surface area contributed by atoms with Crippen molar-refractivity contribution >= 4 is 17.3 Å². The van der Waals surface area contributed by atoms with Gasteiger partial charge in [0.2, 0.25) is 5.91 Å². The van der Waals surface area contributed by atoms with Crippen LogP contribution in [0.5, 0.6) is 0 Å². The van der Waals surface area contributed by atoms with E-state index >= 15 is 0 Å². The van der Waals surface area contributed by atoms with E-state index in [0.717, 1.165) is 29.8 Å². The van der Waals surface area contributed by atoms with Gasteiger partial charge in [0.15, 0.2) is 11.6 Å². The van der Waals surface area contributed by atoms with Gasteiger partial charge in [-0.3, -0.25) is 4.79 Å². The van der Waals surface area contributed by atoms with E-state index in [2.05, 4.69) is 5.32 Å². The van der Waals surface area contributed by atoms with Crippen molar-refractivity contribution in [2.45, 2.75) is 19.4 Å². The van der Waals surface area contributed by atoms with E-state index in [1.54, 1.807) is 4.90 Å². The zero-order chi connectivity index (χ0) is 15.7. The van der Waals surface area contributed by atoms with E-state index in [1.165, 1.54) is 6.07 Å². The molecule has 0 saturated heterocycles. The van der Waals surface area contributed by atoms with Gasteiger partial charge in [0.1, 0.15) is 0 Å². The highest BCUT2D eigenvalue weighted by Gasteiger charge is 2.30. The van der Waals surface area contributed by atoms with Gasteiger partial charge in [-0.15, -0.1) is 0 Å². The number of amides is 1. The highest BCUT2D eigenvalue weighted by molar-refractivity contribution is 5.98. The minimum Gasteiger partial charge on any atom is -0.376 e. The molecule has 0 fully saturated rings. The summed E-state index contributed by atoms with van der Waals surface area (Å²) in [6, 6.07) is 11.4. The smallest absolute Gasteiger partial charge is 0.246 e. The molecule has 2 aromatic rings. The van der Waals surface area contributed by atoms with Crippen molar-refractivity contribution in [1.82, 2.24) is 0 Å². The van der Waals surface area contributed by atoms with Crippen molar-refractivity contribution in [2.75, 3.05) is 16.8 Å². The molecule has 1 aliphatic rings. The van der Waals surface area contributed by atoms with Crippen LogP contribution in [0.15, 0.2) is 42.5 Å². The van der Waals surface area contributed by atoms with Crippen LogP contribution in [0.1, 0.15) is 12.5 Å². The molecule has 5 heteroatoms. The average molecular weight is 302 g/mol. The van der Waals surface area contributed by atoms with Crippen LogP contribution in [0.3, 0.4) is 0 Å². The van der Waals surface area contributed by atoms with Crippen molar-refractivity contribution in [3.05, 3.63) is 59.7 Å². The van der Waals surface area contributed by atoms with Gasteiger partial charge in [0.25, 0.3) is 0 Å². The summed E-state index contributed by atoms with van der Waals surface area (Å²) in [6.45, 7) is 2.03. The van der Waals surface area contributed by atoms with Crippen molar-refractivity contribution in [3.8, 4) is 0 Å². The molecule has 0 saturated carbocycles. The summed E-state index contributed by atoms with van der Waals surface area (Å²) in [5.41, 5.74) is 2.45. The van der Waals surface area contributed by atoms with Crippen LogP contribution in [0.4, 0.5) is 20.2 Å².